The summed E-state index contributed by atoms with van der Waals surface area (Å²) in [5.41, 5.74) is 1.04. The highest BCUT2D eigenvalue weighted by Crippen LogP contribution is 2.14. The van der Waals surface area contributed by atoms with E-state index >= 15 is 0 Å². The SMILES string of the molecule is CCCCCCCCCCCC[N+](C)(C)/C(C)=C/O. The first kappa shape index (κ1) is 18.5. The fourth-order valence-corrected chi connectivity index (χ4v) is 2.33. The van der Waals surface area contributed by atoms with Gasteiger partial charge in [-0.25, -0.2) is 0 Å². The van der Waals surface area contributed by atoms with Crippen molar-refractivity contribution in [2.24, 2.45) is 0 Å². The molecule has 0 atom stereocenters. The molecule has 0 saturated heterocycles. The molecule has 0 aliphatic rings. The second kappa shape index (κ2) is 11.3. The van der Waals surface area contributed by atoms with Crippen LogP contribution in [0, 0.1) is 0 Å². The molecule has 0 heterocycles. The van der Waals surface area contributed by atoms with Crippen LogP contribution in [0.25, 0.3) is 0 Å². The van der Waals surface area contributed by atoms with E-state index in [1.54, 1.807) is 0 Å². The third-order valence-electron chi connectivity index (χ3n) is 4.21. The second-order valence-corrected chi connectivity index (χ2v) is 6.36. The standard InChI is InChI=1S/C17H35NO/c1-5-6-7-8-9-10-11-12-13-14-15-18(3,4)17(2)16-19/h16H,5-15H2,1-4H3/p+1/b17-16+. The monoisotopic (exact) mass is 270 g/mol. The van der Waals surface area contributed by atoms with Crippen LogP contribution in [0.15, 0.2) is 12.0 Å². The maximum absolute atomic E-state index is 9.05. The summed E-state index contributed by atoms with van der Waals surface area (Å²) in [5, 5.41) is 9.05. The lowest BCUT2D eigenvalue weighted by atomic mass is 10.1. The Kier molecular flexibility index (Phi) is 11.0. The maximum atomic E-state index is 9.05. The summed E-state index contributed by atoms with van der Waals surface area (Å²) in [7, 11) is 4.32. The summed E-state index contributed by atoms with van der Waals surface area (Å²) in [6.45, 7) is 5.39. The Labute approximate surface area is 121 Å². The highest BCUT2D eigenvalue weighted by atomic mass is 16.2. The van der Waals surface area contributed by atoms with Gasteiger partial charge in [0.05, 0.1) is 20.6 Å². The lowest BCUT2D eigenvalue weighted by Crippen LogP contribution is -2.38. The zero-order chi connectivity index (χ0) is 14.6. The molecule has 0 saturated carbocycles. The molecule has 0 amide bonds. The molecule has 2 nitrogen and oxygen atoms in total. The molecular formula is C17H36NO+. The number of aliphatic hydroxyl groups excluding tert-OH is 1. The molecule has 1 N–H and O–H groups in total. The van der Waals surface area contributed by atoms with Gasteiger partial charge >= 0.3 is 0 Å². The van der Waals surface area contributed by atoms with Crippen LogP contribution in [0.1, 0.15) is 78.1 Å². The van der Waals surface area contributed by atoms with Crippen molar-refractivity contribution in [3.05, 3.63) is 12.0 Å². The van der Waals surface area contributed by atoms with E-state index in [0.717, 1.165) is 16.7 Å². The smallest absolute Gasteiger partial charge is 0.140 e. The predicted molar refractivity (Wildman–Crippen MR) is 85.2 cm³/mol. The van der Waals surface area contributed by atoms with Crippen LogP contribution < -0.4 is 0 Å². The number of nitrogens with zero attached hydrogens (tertiary/aromatic N) is 1. The number of quaternary nitrogens is 1. The van der Waals surface area contributed by atoms with Gasteiger partial charge in [-0.3, -0.25) is 4.48 Å². The van der Waals surface area contributed by atoms with Gasteiger partial charge in [0.1, 0.15) is 12.0 Å². The number of hydrogen-bond acceptors (Lipinski definition) is 1. The summed E-state index contributed by atoms with van der Waals surface area (Å²) in [6.07, 6.45) is 15.0. The van der Waals surface area contributed by atoms with E-state index in [2.05, 4.69) is 21.0 Å². The molecule has 0 aromatic heterocycles. The van der Waals surface area contributed by atoms with Crippen LogP contribution in [-0.4, -0.2) is 30.2 Å². The summed E-state index contributed by atoms with van der Waals surface area (Å²) in [6, 6.07) is 0. The van der Waals surface area contributed by atoms with Crippen molar-refractivity contribution in [3.8, 4) is 0 Å². The number of allylic oxidation sites excluding steroid dienone is 1. The molecule has 114 valence electrons. The zero-order valence-corrected chi connectivity index (χ0v) is 13.7. The molecule has 0 spiro atoms. The first-order valence-corrected chi connectivity index (χ1v) is 8.19. The number of hydrogen-bond donors (Lipinski definition) is 1. The van der Waals surface area contributed by atoms with Gasteiger partial charge in [-0.05, 0) is 12.8 Å². The Balaban J connectivity index is 3.36. The molecule has 0 rings (SSSR count). The van der Waals surface area contributed by atoms with E-state index in [4.69, 9.17) is 5.11 Å². The van der Waals surface area contributed by atoms with Crippen molar-refractivity contribution in [1.82, 2.24) is 0 Å². The van der Waals surface area contributed by atoms with Crippen LogP contribution in [0.5, 0.6) is 0 Å². The lowest BCUT2D eigenvalue weighted by molar-refractivity contribution is -0.853. The van der Waals surface area contributed by atoms with E-state index in [9.17, 15) is 0 Å². The summed E-state index contributed by atoms with van der Waals surface area (Å²) in [4.78, 5) is 0. The minimum Gasteiger partial charge on any atom is -0.510 e. The molecular weight excluding hydrogens is 234 g/mol. The Hall–Kier alpha value is -0.500. The fourth-order valence-electron chi connectivity index (χ4n) is 2.33. The van der Waals surface area contributed by atoms with Gasteiger partial charge < -0.3 is 5.11 Å². The van der Waals surface area contributed by atoms with Crippen LogP contribution >= 0.6 is 0 Å². The maximum Gasteiger partial charge on any atom is 0.140 e. The van der Waals surface area contributed by atoms with Crippen molar-refractivity contribution in [2.75, 3.05) is 20.6 Å². The molecule has 19 heavy (non-hydrogen) atoms. The van der Waals surface area contributed by atoms with Crippen LogP contribution in [0.4, 0.5) is 0 Å². The molecule has 0 unspecified atom stereocenters. The minimum absolute atomic E-state index is 0.813. The Morgan fingerprint density at radius 1 is 0.842 bits per heavy atom. The van der Waals surface area contributed by atoms with Crippen molar-refractivity contribution in [3.63, 3.8) is 0 Å². The number of rotatable bonds is 12. The normalized spacial score (nSPS) is 12.9. The van der Waals surface area contributed by atoms with E-state index in [1.807, 2.05) is 6.92 Å². The van der Waals surface area contributed by atoms with Gasteiger partial charge in [0.25, 0.3) is 0 Å². The van der Waals surface area contributed by atoms with Gasteiger partial charge in [-0.15, -0.1) is 0 Å². The average molecular weight is 270 g/mol. The van der Waals surface area contributed by atoms with Gasteiger partial charge in [0.2, 0.25) is 0 Å². The summed E-state index contributed by atoms with van der Waals surface area (Å²) < 4.78 is 0.813. The van der Waals surface area contributed by atoms with Crippen LogP contribution in [0.3, 0.4) is 0 Å². The van der Waals surface area contributed by atoms with Gasteiger partial charge in [0, 0.05) is 6.92 Å². The third kappa shape index (κ3) is 10.0. The number of unbranched alkanes of at least 4 members (excludes halogenated alkanes) is 9. The van der Waals surface area contributed by atoms with Crippen molar-refractivity contribution in [1.29, 1.82) is 0 Å². The Bertz CT molecular complexity index is 233. The highest BCUT2D eigenvalue weighted by Gasteiger charge is 2.17. The quantitative estimate of drug-likeness (QED) is 0.286. The molecule has 0 aromatic carbocycles. The largest absolute Gasteiger partial charge is 0.510 e. The molecule has 0 aliphatic heterocycles. The minimum atomic E-state index is 0.813. The van der Waals surface area contributed by atoms with Gasteiger partial charge in [-0.1, -0.05) is 58.3 Å². The zero-order valence-electron chi connectivity index (χ0n) is 13.7. The van der Waals surface area contributed by atoms with Crippen LogP contribution in [-0.2, 0) is 0 Å². The highest BCUT2D eigenvalue weighted by molar-refractivity contribution is 4.79. The molecule has 0 radical (unpaired) electrons. The second-order valence-electron chi connectivity index (χ2n) is 6.36. The number of aliphatic hydroxyl groups is 1. The average Bonchev–Trinajstić information content (AvgIpc) is 2.39. The van der Waals surface area contributed by atoms with E-state index in [-0.39, 0.29) is 0 Å². The molecule has 0 fully saturated rings. The predicted octanol–water partition coefficient (Wildman–Crippen LogP) is 5.40. The Morgan fingerprint density at radius 2 is 1.26 bits per heavy atom. The van der Waals surface area contributed by atoms with Crippen molar-refractivity contribution < 1.29 is 9.59 Å². The van der Waals surface area contributed by atoms with Crippen molar-refractivity contribution >= 4 is 0 Å². The fraction of sp³-hybridized carbons (Fsp3) is 0.882. The summed E-state index contributed by atoms with van der Waals surface area (Å²) in [5.74, 6) is 0. The molecule has 2 heteroatoms. The lowest BCUT2D eigenvalue weighted by Gasteiger charge is -2.29. The Morgan fingerprint density at radius 3 is 1.68 bits per heavy atom. The molecule has 0 bridgehead atoms. The van der Waals surface area contributed by atoms with E-state index in [1.165, 1.54) is 70.5 Å². The van der Waals surface area contributed by atoms with E-state index in [0.29, 0.717) is 0 Å². The van der Waals surface area contributed by atoms with Crippen molar-refractivity contribution in [2.45, 2.75) is 78.1 Å². The van der Waals surface area contributed by atoms with E-state index < -0.39 is 0 Å². The van der Waals surface area contributed by atoms with Crippen LogP contribution in [0.2, 0.25) is 0 Å². The first-order chi connectivity index (χ1) is 9.04. The molecule has 0 aliphatic carbocycles. The van der Waals surface area contributed by atoms with Gasteiger partial charge in [-0.2, -0.15) is 0 Å². The molecule has 0 aromatic rings. The first-order valence-electron chi connectivity index (χ1n) is 8.19. The topological polar surface area (TPSA) is 20.2 Å². The summed E-state index contributed by atoms with van der Waals surface area (Å²) >= 11 is 0. The van der Waals surface area contributed by atoms with Gasteiger partial charge in [0.15, 0.2) is 0 Å². The third-order valence-corrected chi connectivity index (χ3v) is 4.21.